The number of nitrogens with one attached hydrogen (secondary N) is 1. The molecule has 0 aliphatic heterocycles. The Kier molecular flexibility index (Phi) is 5.40. The minimum atomic E-state index is -0.0218. The molecule has 0 saturated carbocycles. The Morgan fingerprint density at radius 1 is 0.964 bits per heavy atom. The minimum Gasteiger partial charge on any atom is -0.419 e. The summed E-state index contributed by atoms with van der Waals surface area (Å²) in [6.45, 7) is 6.21. The maximum absolute atomic E-state index is 5.83. The number of hydrogen-bond acceptors (Lipinski definition) is 8. The van der Waals surface area contributed by atoms with Crippen LogP contribution < -0.4 is 5.32 Å². The third-order valence-corrected chi connectivity index (χ3v) is 6.35. The van der Waals surface area contributed by atoms with E-state index in [0.717, 1.165) is 20.7 Å². The first-order valence-electron chi connectivity index (χ1n) is 8.82. The van der Waals surface area contributed by atoms with E-state index in [4.69, 9.17) is 4.42 Å². The molecular weight excluding hydrogens is 390 g/mol. The molecule has 0 aliphatic rings. The van der Waals surface area contributed by atoms with Gasteiger partial charge in [0.1, 0.15) is 0 Å². The summed E-state index contributed by atoms with van der Waals surface area (Å²) in [6.07, 6.45) is 0. The maximum atomic E-state index is 5.83. The molecule has 0 fully saturated rings. The number of aromatic nitrogens is 4. The number of thioether (sulfide) groups is 1. The molecule has 0 amide bonds. The topological polar surface area (TPSA) is 76.7 Å². The van der Waals surface area contributed by atoms with Crippen LogP contribution in [-0.2, 0) is 0 Å². The Labute approximate surface area is 171 Å². The van der Waals surface area contributed by atoms with Crippen molar-refractivity contribution >= 4 is 33.9 Å². The van der Waals surface area contributed by atoms with Gasteiger partial charge >= 0.3 is 0 Å². The van der Waals surface area contributed by atoms with Crippen LogP contribution in [-0.4, -0.2) is 20.4 Å². The molecule has 1 atom stereocenters. The first kappa shape index (κ1) is 18.6. The predicted octanol–water partition coefficient (Wildman–Crippen LogP) is 5.80. The number of rotatable bonds is 6. The van der Waals surface area contributed by atoms with Crippen LogP contribution in [0.1, 0.15) is 29.2 Å². The lowest BCUT2D eigenvalue weighted by molar-refractivity contribution is 0.509. The van der Waals surface area contributed by atoms with Crippen molar-refractivity contribution in [3.05, 3.63) is 65.5 Å². The number of anilines is 2. The molecule has 142 valence electrons. The third kappa shape index (κ3) is 4.07. The Morgan fingerprint density at radius 3 is 2.61 bits per heavy atom. The van der Waals surface area contributed by atoms with Crippen LogP contribution in [0, 0.1) is 13.8 Å². The van der Waals surface area contributed by atoms with E-state index in [0.29, 0.717) is 11.8 Å². The second-order valence-electron chi connectivity index (χ2n) is 6.32. The van der Waals surface area contributed by atoms with Crippen LogP contribution >= 0.6 is 23.1 Å². The molecule has 2 aromatic carbocycles. The van der Waals surface area contributed by atoms with Crippen LogP contribution in [0.4, 0.5) is 10.8 Å². The van der Waals surface area contributed by atoms with Gasteiger partial charge in [-0.05, 0) is 50.1 Å². The molecule has 2 aromatic heterocycles. The van der Waals surface area contributed by atoms with Crippen molar-refractivity contribution in [2.45, 2.75) is 30.4 Å². The summed E-state index contributed by atoms with van der Waals surface area (Å²) in [5, 5.41) is 21.0. The summed E-state index contributed by atoms with van der Waals surface area (Å²) in [6, 6.07) is 15.9. The molecular formula is C20H19N5OS2. The average Bonchev–Trinajstić information content (AvgIpc) is 3.36. The van der Waals surface area contributed by atoms with E-state index in [1.54, 1.807) is 11.8 Å². The van der Waals surface area contributed by atoms with Crippen molar-refractivity contribution in [1.29, 1.82) is 0 Å². The van der Waals surface area contributed by atoms with Crippen molar-refractivity contribution in [3.8, 4) is 11.5 Å². The fraction of sp³-hybridized carbons (Fsp3) is 0.200. The molecule has 0 unspecified atom stereocenters. The zero-order valence-corrected chi connectivity index (χ0v) is 17.3. The monoisotopic (exact) mass is 409 g/mol. The molecule has 6 nitrogen and oxygen atoms in total. The van der Waals surface area contributed by atoms with E-state index < -0.39 is 0 Å². The molecule has 2 heterocycles. The second kappa shape index (κ2) is 8.12. The van der Waals surface area contributed by atoms with Gasteiger partial charge in [0.05, 0.1) is 5.25 Å². The Hall–Kier alpha value is -2.71. The molecule has 4 rings (SSSR count). The molecule has 0 bridgehead atoms. The highest BCUT2D eigenvalue weighted by atomic mass is 32.2. The van der Waals surface area contributed by atoms with Crippen LogP contribution in [0.15, 0.2) is 57.3 Å². The second-order valence-corrected chi connectivity index (χ2v) is 8.88. The standard InChI is InChI=1S/C20H19N5OS2/c1-12-8-7-11-16(13(12)2)21-19-24-25-20(28-19)27-14(3)17-22-23-18(26-17)15-9-5-4-6-10-15/h4-11,14H,1-3H3,(H,21,24)/t14-/m1/s1. The van der Waals surface area contributed by atoms with Crippen molar-refractivity contribution in [3.63, 3.8) is 0 Å². The highest BCUT2D eigenvalue weighted by molar-refractivity contribution is 8.01. The smallest absolute Gasteiger partial charge is 0.247 e. The predicted molar refractivity (Wildman–Crippen MR) is 113 cm³/mol. The molecule has 4 aromatic rings. The normalized spacial score (nSPS) is 12.1. The van der Waals surface area contributed by atoms with E-state index in [2.05, 4.69) is 45.6 Å². The van der Waals surface area contributed by atoms with Crippen molar-refractivity contribution in [2.24, 2.45) is 0 Å². The molecule has 0 spiro atoms. The van der Waals surface area contributed by atoms with Crippen LogP contribution in [0.3, 0.4) is 0 Å². The first-order valence-corrected chi connectivity index (χ1v) is 10.5. The highest BCUT2D eigenvalue weighted by Gasteiger charge is 2.18. The van der Waals surface area contributed by atoms with Gasteiger partial charge in [-0.15, -0.1) is 20.4 Å². The lowest BCUT2D eigenvalue weighted by Crippen LogP contribution is -1.94. The summed E-state index contributed by atoms with van der Waals surface area (Å²) < 4.78 is 6.68. The Balaban J connectivity index is 1.44. The van der Waals surface area contributed by atoms with Gasteiger partial charge in [0.25, 0.3) is 0 Å². The summed E-state index contributed by atoms with van der Waals surface area (Å²) in [4.78, 5) is 0. The first-order chi connectivity index (χ1) is 13.6. The van der Waals surface area contributed by atoms with Crippen molar-refractivity contribution in [1.82, 2.24) is 20.4 Å². The summed E-state index contributed by atoms with van der Waals surface area (Å²) in [5.41, 5.74) is 4.41. The summed E-state index contributed by atoms with van der Waals surface area (Å²) in [7, 11) is 0. The van der Waals surface area contributed by atoms with Gasteiger partial charge in [-0.25, -0.2) is 0 Å². The van der Waals surface area contributed by atoms with Crippen molar-refractivity contribution in [2.75, 3.05) is 5.32 Å². The lowest BCUT2D eigenvalue weighted by Gasteiger charge is -2.08. The Morgan fingerprint density at radius 2 is 1.79 bits per heavy atom. The number of hydrogen-bond donors (Lipinski definition) is 1. The maximum Gasteiger partial charge on any atom is 0.247 e. The highest BCUT2D eigenvalue weighted by Crippen LogP contribution is 2.38. The zero-order chi connectivity index (χ0) is 19.5. The van der Waals surface area contributed by atoms with E-state index in [-0.39, 0.29) is 5.25 Å². The quantitative estimate of drug-likeness (QED) is 0.403. The van der Waals surface area contributed by atoms with Gasteiger partial charge in [-0.1, -0.05) is 53.4 Å². The van der Waals surface area contributed by atoms with Gasteiger partial charge in [-0.2, -0.15) is 0 Å². The molecule has 8 heteroatoms. The third-order valence-electron chi connectivity index (χ3n) is 4.34. The molecule has 0 saturated heterocycles. The summed E-state index contributed by atoms with van der Waals surface area (Å²) >= 11 is 3.06. The minimum absolute atomic E-state index is 0.0218. The van der Waals surface area contributed by atoms with Gasteiger partial charge in [0.2, 0.25) is 16.9 Å². The van der Waals surface area contributed by atoms with Crippen molar-refractivity contribution < 1.29 is 4.42 Å². The fourth-order valence-corrected chi connectivity index (χ4v) is 4.55. The molecule has 28 heavy (non-hydrogen) atoms. The number of aryl methyl sites for hydroxylation is 1. The largest absolute Gasteiger partial charge is 0.419 e. The lowest BCUT2D eigenvalue weighted by atomic mass is 10.1. The van der Waals surface area contributed by atoms with Crippen LogP contribution in [0.5, 0.6) is 0 Å². The zero-order valence-electron chi connectivity index (χ0n) is 15.7. The Bertz CT molecular complexity index is 1080. The van der Waals surface area contributed by atoms with E-state index in [9.17, 15) is 0 Å². The average molecular weight is 410 g/mol. The SMILES string of the molecule is Cc1cccc(Nc2nnc(S[C@H](C)c3nnc(-c4ccccc4)o3)s2)c1C. The van der Waals surface area contributed by atoms with E-state index >= 15 is 0 Å². The van der Waals surface area contributed by atoms with Gasteiger partial charge < -0.3 is 9.73 Å². The fourth-order valence-electron chi connectivity index (χ4n) is 2.61. The van der Waals surface area contributed by atoms with Gasteiger partial charge in [-0.3, -0.25) is 0 Å². The molecule has 0 radical (unpaired) electrons. The number of benzene rings is 2. The summed E-state index contributed by atoms with van der Waals surface area (Å²) in [5.74, 6) is 1.10. The van der Waals surface area contributed by atoms with Crippen LogP contribution in [0.25, 0.3) is 11.5 Å². The van der Waals surface area contributed by atoms with E-state index in [1.165, 1.54) is 22.5 Å². The van der Waals surface area contributed by atoms with Crippen LogP contribution in [0.2, 0.25) is 0 Å². The number of nitrogens with zero attached hydrogens (tertiary/aromatic N) is 4. The molecule has 0 aliphatic carbocycles. The molecule has 1 N–H and O–H groups in total. The van der Waals surface area contributed by atoms with E-state index in [1.807, 2.05) is 49.4 Å². The van der Waals surface area contributed by atoms with Gasteiger partial charge in [0, 0.05) is 11.3 Å². The van der Waals surface area contributed by atoms with Gasteiger partial charge in [0.15, 0.2) is 4.34 Å².